The Morgan fingerprint density at radius 2 is 2.54 bits per heavy atom. The lowest BCUT2D eigenvalue weighted by Gasteiger charge is -2.09. The number of hydrogen-bond acceptors (Lipinski definition) is 2. The molecule has 1 heterocycles. The van der Waals surface area contributed by atoms with Crippen molar-refractivity contribution in [3.05, 3.63) is 0 Å². The molecule has 0 aliphatic carbocycles. The third-order valence-electron chi connectivity index (χ3n) is 1.78. The predicted molar refractivity (Wildman–Crippen MR) is 49.2 cm³/mol. The summed E-state index contributed by atoms with van der Waals surface area (Å²) < 4.78 is 5.11. The molecular weight excluding hydrogens is 168 g/mol. The average molecular weight is 182 g/mol. The highest BCUT2D eigenvalue weighted by atomic mass is 16.5. The highest BCUT2D eigenvalue weighted by Crippen LogP contribution is 2.02. The molecule has 0 saturated carbocycles. The van der Waals surface area contributed by atoms with E-state index < -0.39 is 0 Å². The van der Waals surface area contributed by atoms with Gasteiger partial charge in [0, 0.05) is 6.61 Å². The number of nitrogens with one attached hydrogen (secondary N) is 2. The zero-order chi connectivity index (χ0) is 9.52. The smallest absolute Gasteiger partial charge is 0.315 e. The van der Waals surface area contributed by atoms with Gasteiger partial charge < -0.3 is 15.4 Å². The van der Waals surface area contributed by atoms with Gasteiger partial charge >= 0.3 is 6.03 Å². The zero-order valence-corrected chi connectivity index (χ0v) is 7.72. The van der Waals surface area contributed by atoms with Gasteiger partial charge in [-0.05, 0) is 13.3 Å². The molecule has 1 fully saturated rings. The molecule has 1 aliphatic rings. The van der Waals surface area contributed by atoms with Crippen LogP contribution in [0.1, 0.15) is 13.3 Å². The molecule has 1 saturated heterocycles. The molecule has 72 valence electrons. The van der Waals surface area contributed by atoms with E-state index in [9.17, 15) is 4.79 Å². The van der Waals surface area contributed by atoms with Crippen LogP contribution in [0.5, 0.6) is 0 Å². The minimum atomic E-state index is -0.168. The zero-order valence-electron chi connectivity index (χ0n) is 7.72. The second-order valence-electron chi connectivity index (χ2n) is 2.81. The first kappa shape index (κ1) is 9.87. The van der Waals surface area contributed by atoms with E-state index >= 15 is 0 Å². The maximum Gasteiger partial charge on any atom is 0.315 e. The van der Waals surface area contributed by atoms with Crippen molar-refractivity contribution in [2.75, 3.05) is 19.8 Å². The number of carbonyl (C=O) groups is 1. The molecule has 0 aromatic carbocycles. The summed E-state index contributed by atoms with van der Waals surface area (Å²) in [5.41, 5.74) is 0. The summed E-state index contributed by atoms with van der Waals surface area (Å²) >= 11 is 0. The van der Waals surface area contributed by atoms with E-state index in [-0.39, 0.29) is 12.1 Å². The average Bonchev–Trinajstić information content (AvgIpc) is 2.57. The lowest BCUT2D eigenvalue weighted by molar-refractivity contribution is 0.188. The Kier molecular flexibility index (Phi) is 4.13. The fourth-order valence-electron chi connectivity index (χ4n) is 1.10. The van der Waals surface area contributed by atoms with E-state index in [1.807, 2.05) is 0 Å². The van der Waals surface area contributed by atoms with E-state index in [1.54, 1.807) is 6.92 Å². The molecule has 1 unspecified atom stereocenters. The van der Waals surface area contributed by atoms with Crippen molar-refractivity contribution in [1.29, 1.82) is 0 Å². The van der Waals surface area contributed by atoms with E-state index in [4.69, 9.17) is 4.74 Å². The molecule has 2 amide bonds. The van der Waals surface area contributed by atoms with Crippen LogP contribution in [0, 0.1) is 11.8 Å². The quantitative estimate of drug-likeness (QED) is 0.595. The normalized spacial score (nSPS) is 20.2. The molecule has 0 aromatic rings. The monoisotopic (exact) mass is 182 g/mol. The van der Waals surface area contributed by atoms with Gasteiger partial charge in [-0.1, -0.05) is 5.92 Å². The summed E-state index contributed by atoms with van der Waals surface area (Å²) in [6.07, 6.45) is 0.896. The molecule has 13 heavy (non-hydrogen) atoms. The van der Waals surface area contributed by atoms with Crippen LogP contribution in [0.4, 0.5) is 4.79 Å². The van der Waals surface area contributed by atoms with Crippen LogP contribution in [0.3, 0.4) is 0 Å². The van der Waals surface area contributed by atoms with Gasteiger partial charge in [-0.25, -0.2) is 4.79 Å². The molecule has 4 nitrogen and oxygen atoms in total. The van der Waals surface area contributed by atoms with Crippen molar-refractivity contribution in [2.45, 2.75) is 19.4 Å². The van der Waals surface area contributed by atoms with Crippen LogP contribution < -0.4 is 10.6 Å². The third-order valence-corrected chi connectivity index (χ3v) is 1.78. The van der Waals surface area contributed by atoms with Crippen molar-refractivity contribution in [3.63, 3.8) is 0 Å². The topological polar surface area (TPSA) is 50.4 Å². The Labute approximate surface area is 78.0 Å². The number of ether oxygens (including phenoxy) is 1. The van der Waals surface area contributed by atoms with Gasteiger partial charge in [0.15, 0.2) is 0 Å². The summed E-state index contributed by atoms with van der Waals surface area (Å²) in [5.74, 6) is 5.45. The standard InChI is InChI=1S/C9H14N2O2/c1-2-3-5-10-9(12)11-8-4-6-13-7-8/h8H,4-7H2,1H3,(H2,10,11,12). The Bertz CT molecular complexity index is 224. The van der Waals surface area contributed by atoms with E-state index in [0.717, 1.165) is 13.0 Å². The fraction of sp³-hybridized carbons (Fsp3) is 0.667. The molecule has 2 N–H and O–H groups in total. The highest BCUT2D eigenvalue weighted by Gasteiger charge is 2.16. The van der Waals surface area contributed by atoms with Crippen LogP contribution in [-0.4, -0.2) is 31.8 Å². The van der Waals surface area contributed by atoms with Gasteiger partial charge in [-0.3, -0.25) is 0 Å². The minimum absolute atomic E-state index is 0.162. The Morgan fingerprint density at radius 1 is 1.69 bits per heavy atom. The molecule has 0 bridgehead atoms. The molecule has 0 aromatic heterocycles. The van der Waals surface area contributed by atoms with Crippen molar-refractivity contribution in [3.8, 4) is 11.8 Å². The summed E-state index contributed by atoms with van der Waals surface area (Å²) in [4.78, 5) is 11.1. The molecule has 4 heteroatoms. The largest absolute Gasteiger partial charge is 0.379 e. The van der Waals surface area contributed by atoms with Crippen LogP contribution in [0.25, 0.3) is 0 Å². The number of amides is 2. The third kappa shape index (κ3) is 3.81. The number of carbonyl (C=O) groups excluding carboxylic acids is 1. The highest BCUT2D eigenvalue weighted by molar-refractivity contribution is 5.74. The van der Waals surface area contributed by atoms with E-state index in [0.29, 0.717) is 13.2 Å². The van der Waals surface area contributed by atoms with Crippen LogP contribution in [0.15, 0.2) is 0 Å². The second kappa shape index (κ2) is 5.44. The van der Waals surface area contributed by atoms with Crippen molar-refractivity contribution < 1.29 is 9.53 Å². The van der Waals surface area contributed by atoms with Gasteiger partial charge in [0.05, 0.1) is 19.2 Å². The first-order valence-corrected chi connectivity index (χ1v) is 4.34. The molecule has 1 atom stereocenters. The SMILES string of the molecule is CC#CCNC(=O)NC1CCOC1. The lowest BCUT2D eigenvalue weighted by Crippen LogP contribution is -2.42. The number of rotatable bonds is 2. The minimum Gasteiger partial charge on any atom is -0.379 e. The van der Waals surface area contributed by atoms with E-state index in [1.165, 1.54) is 0 Å². The van der Waals surface area contributed by atoms with Crippen LogP contribution >= 0.6 is 0 Å². The Hall–Kier alpha value is -1.21. The van der Waals surface area contributed by atoms with Gasteiger partial charge in [0.25, 0.3) is 0 Å². The lowest BCUT2D eigenvalue weighted by atomic mass is 10.3. The van der Waals surface area contributed by atoms with E-state index in [2.05, 4.69) is 22.5 Å². The van der Waals surface area contributed by atoms with Crippen LogP contribution in [0.2, 0.25) is 0 Å². The van der Waals surface area contributed by atoms with Gasteiger partial charge in [0.1, 0.15) is 0 Å². The fourth-order valence-corrected chi connectivity index (χ4v) is 1.10. The van der Waals surface area contributed by atoms with Crippen molar-refractivity contribution >= 4 is 6.03 Å². The predicted octanol–water partition coefficient (Wildman–Crippen LogP) is 0.0978. The van der Waals surface area contributed by atoms with Crippen molar-refractivity contribution in [1.82, 2.24) is 10.6 Å². The molecule has 0 spiro atoms. The number of hydrogen-bond donors (Lipinski definition) is 2. The first-order valence-electron chi connectivity index (χ1n) is 4.34. The maximum atomic E-state index is 11.1. The molecular formula is C9H14N2O2. The molecule has 1 rings (SSSR count). The summed E-state index contributed by atoms with van der Waals surface area (Å²) in [6, 6.07) is -0.00663. The number of urea groups is 1. The van der Waals surface area contributed by atoms with Crippen LogP contribution in [-0.2, 0) is 4.74 Å². The summed E-state index contributed by atoms with van der Waals surface area (Å²) in [7, 11) is 0. The summed E-state index contributed by atoms with van der Waals surface area (Å²) in [5, 5.41) is 5.43. The second-order valence-corrected chi connectivity index (χ2v) is 2.81. The molecule has 1 aliphatic heterocycles. The van der Waals surface area contributed by atoms with Gasteiger partial charge in [0.2, 0.25) is 0 Å². The molecule has 0 radical (unpaired) electrons. The Morgan fingerprint density at radius 3 is 3.15 bits per heavy atom. The maximum absolute atomic E-state index is 11.1. The van der Waals surface area contributed by atoms with Crippen molar-refractivity contribution in [2.24, 2.45) is 0 Å². The Balaban J connectivity index is 2.11. The van der Waals surface area contributed by atoms with Gasteiger partial charge in [-0.2, -0.15) is 0 Å². The first-order chi connectivity index (χ1) is 6.33. The van der Waals surface area contributed by atoms with Gasteiger partial charge in [-0.15, -0.1) is 5.92 Å². The summed E-state index contributed by atoms with van der Waals surface area (Å²) in [6.45, 7) is 3.49.